The molecule has 2 aromatic carbocycles. The Bertz CT molecular complexity index is 833. The molecule has 0 atom stereocenters. The third-order valence-corrected chi connectivity index (χ3v) is 4.98. The molecule has 2 heterocycles. The van der Waals surface area contributed by atoms with Crippen LogP contribution in [0.2, 0.25) is 0 Å². The molecule has 22 heavy (non-hydrogen) atoms. The van der Waals surface area contributed by atoms with Gasteiger partial charge < -0.3 is 10.4 Å². The Balaban J connectivity index is 1.79. The van der Waals surface area contributed by atoms with Crippen LogP contribution in [0.1, 0.15) is 11.1 Å². The molecule has 3 aromatic rings. The van der Waals surface area contributed by atoms with Gasteiger partial charge >= 0.3 is 0 Å². The third-order valence-electron chi connectivity index (χ3n) is 3.88. The van der Waals surface area contributed by atoms with Gasteiger partial charge in [0.25, 0.3) is 0 Å². The van der Waals surface area contributed by atoms with E-state index in [0.29, 0.717) is 0 Å². The summed E-state index contributed by atoms with van der Waals surface area (Å²) < 4.78 is 0. The van der Waals surface area contributed by atoms with Gasteiger partial charge in [0.05, 0.1) is 12.1 Å². The highest BCUT2D eigenvalue weighted by molar-refractivity contribution is 7.99. The van der Waals surface area contributed by atoms with Crippen molar-refractivity contribution in [2.75, 3.05) is 11.1 Å². The normalized spacial score (nSPS) is 13.3. The Morgan fingerprint density at radius 2 is 1.95 bits per heavy atom. The summed E-state index contributed by atoms with van der Waals surface area (Å²) in [5.74, 6) is 1.97. The van der Waals surface area contributed by atoms with Crippen molar-refractivity contribution < 1.29 is 5.11 Å². The number of nitrogens with zero attached hydrogens (tertiary/aromatic N) is 2. The fourth-order valence-electron chi connectivity index (χ4n) is 2.77. The lowest BCUT2D eigenvalue weighted by Gasteiger charge is -2.11. The zero-order valence-corrected chi connectivity index (χ0v) is 12.7. The lowest BCUT2D eigenvalue weighted by atomic mass is 10.1. The van der Waals surface area contributed by atoms with E-state index in [0.717, 1.165) is 40.1 Å². The van der Waals surface area contributed by atoms with Crippen LogP contribution in [0.3, 0.4) is 0 Å². The molecule has 0 aliphatic carbocycles. The van der Waals surface area contributed by atoms with E-state index in [1.807, 2.05) is 36.0 Å². The summed E-state index contributed by atoms with van der Waals surface area (Å²) in [6.45, 7) is 0.0570. The first kappa shape index (κ1) is 13.5. The van der Waals surface area contributed by atoms with Crippen LogP contribution in [0.15, 0.2) is 47.6 Å². The molecule has 2 N–H and O–H groups in total. The van der Waals surface area contributed by atoms with Gasteiger partial charge in [-0.3, -0.25) is 0 Å². The van der Waals surface area contributed by atoms with Crippen LogP contribution < -0.4 is 5.32 Å². The number of hydrogen-bond donors (Lipinski definition) is 2. The Hall–Kier alpha value is -2.11. The van der Waals surface area contributed by atoms with Crippen molar-refractivity contribution in [3.8, 4) is 0 Å². The average molecular weight is 309 g/mol. The largest absolute Gasteiger partial charge is 0.392 e. The van der Waals surface area contributed by atoms with E-state index in [1.54, 1.807) is 6.33 Å². The van der Waals surface area contributed by atoms with E-state index >= 15 is 0 Å². The van der Waals surface area contributed by atoms with Gasteiger partial charge in [-0.1, -0.05) is 12.1 Å². The minimum Gasteiger partial charge on any atom is -0.392 e. The molecule has 4 nitrogen and oxygen atoms in total. The topological polar surface area (TPSA) is 58.0 Å². The molecule has 0 unspecified atom stereocenters. The Kier molecular flexibility index (Phi) is 3.44. The number of nitrogens with one attached hydrogen (secondary N) is 1. The minimum atomic E-state index is 0.0570. The van der Waals surface area contributed by atoms with E-state index in [1.165, 1.54) is 10.5 Å². The van der Waals surface area contributed by atoms with Crippen LogP contribution >= 0.6 is 11.8 Å². The van der Waals surface area contributed by atoms with Gasteiger partial charge in [0.1, 0.15) is 12.1 Å². The molecule has 1 aliphatic heterocycles. The molecule has 0 saturated carbocycles. The van der Waals surface area contributed by atoms with Crippen molar-refractivity contribution in [3.05, 3.63) is 53.9 Å². The van der Waals surface area contributed by atoms with Crippen molar-refractivity contribution in [2.45, 2.75) is 17.9 Å². The standard InChI is InChI=1S/C17H15N3OS/c21-9-11-1-3-12(4-2-11)20-17-16-13-7-8-22-15(13)6-5-14(16)18-10-19-17/h1-6,10,21H,7-9H2,(H,18,19,20). The third kappa shape index (κ3) is 2.32. The number of aryl methyl sites for hydroxylation is 1. The summed E-state index contributed by atoms with van der Waals surface area (Å²) in [7, 11) is 0. The summed E-state index contributed by atoms with van der Waals surface area (Å²) in [5.41, 5.74) is 4.18. The smallest absolute Gasteiger partial charge is 0.142 e. The molecule has 0 radical (unpaired) electrons. The highest BCUT2D eigenvalue weighted by atomic mass is 32.2. The van der Waals surface area contributed by atoms with Crippen LogP contribution in [0.25, 0.3) is 10.9 Å². The molecular formula is C17H15N3OS. The number of hydrogen-bond acceptors (Lipinski definition) is 5. The van der Waals surface area contributed by atoms with E-state index in [-0.39, 0.29) is 6.61 Å². The minimum absolute atomic E-state index is 0.0570. The second-order valence-electron chi connectivity index (χ2n) is 5.24. The maximum absolute atomic E-state index is 9.12. The number of anilines is 2. The predicted octanol–water partition coefficient (Wildman–Crippen LogP) is 3.51. The zero-order chi connectivity index (χ0) is 14.9. The van der Waals surface area contributed by atoms with Crippen LogP contribution in [-0.4, -0.2) is 20.8 Å². The van der Waals surface area contributed by atoms with Crippen molar-refractivity contribution in [3.63, 3.8) is 0 Å². The number of rotatable bonds is 3. The van der Waals surface area contributed by atoms with Crippen molar-refractivity contribution in [1.82, 2.24) is 9.97 Å². The fraction of sp³-hybridized carbons (Fsp3) is 0.176. The molecule has 4 rings (SSSR count). The predicted molar refractivity (Wildman–Crippen MR) is 89.6 cm³/mol. The lowest BCUT2D eigenvalue weighted by molar-refractivity contribution is 0.282. The summed E-state index contributed by atoms with van der Waals surface area (Å²) in [4.78, 5) is 10.2. The number of fused-ring (bicyclic) bond motifs is 3. The molecule has 110 valence electrons. The Morgan fingerprint density at radius 3 is 2.77 bits per heavy atom. The number of aliphatic hydroxyl groups excluding tert-OH is 1. The van der Waals surface area contributed by atoms with Crippen molar-refractivity contribution >= 4 is 34.2 Å². The summed E-state index contributed by atoms with van der Waals surface area (Å²) in [5, 5.41) is 13.6. The van der Waals surface area contributed by atoms with E-state index in [2.05, 4.69) is 27.4 Å². The highest BCUT2D eigenvalue weighted by Gasteiger charge is 2.18. The molecule has 0 fully saturated rings. The zero-order valence-electron chi connectivity index (χ0n) is 11.9. The first-order valence-electron chi connectivity index (χ1n) is 7.21. The van der Waals surface area contributed by atoms with Gasteiger partial charge in [-0.2, -0.15) is 0 Å². The van der Waals surface area contributed by atoms with Gasteiger partial charge in [0.15, 0.2) is 0 Å². The molecular weight excluding hydrogens is 294 g/mol. The lowest BCUT2D eigenvalue weighted by Crippen LogP contribution is -1.99. The van der Waals surface area contributed by atoms with Crippen LogP contribution in [0.5, 0.6) is 0 Å². The highest BCUT2D eigenvalue weighted by Crippen LogP contribution is 2.38. The van der Waals surface area contributed by atoms with Gasteiger partial charge in [-0.15, -0.1) is 11.8 Å². The molecule has 0 saturated heterocycles. The van der Waals surface area contributed by atoms with Gasteiger partial charge in [-0.25, -0.2) is 9.97 Å². The van der Waals surface area contributed by atoms with Crippen LogP contribution in [-0.2, 0) is 13.0 Å². The molecule has 1 aliphatic rings. The van der Waals surface area contributed by atoms with E-state index in [9.17, 15) is 0 Å². The summed E-state index contributed by atoms with van der Waals surface area (Å²) in [6, 6.07) is 11.9. The second-order valence-corrected chi connectivity index (χ2v) is 6.37. The maximum atomic E-state index is 9.12. The molecule has 0 spiro atoms. The van der Waals surface area contributed by atoms with Crippen LogP contribution in [0, 0.1) is 0 Å². The molecule has 0 amide bonds. The van der Waals surface area contributed by atoms with Crippen molar-refractivity contribution in [2.24, 2.45) is 0 Å². The number of aliphatic hydroxyl groups is 1. The van der Waals surface area contributed by atoms with Gasteiger partial charge in [0, 0.05) is 21.7 Å². The quantitative estimate of drug-likeness (QED) is 0.775. The first-order valence-corrected chi connectivity index (χ1v) is 8.20. The van der Waals surface area contributed by atoms with E-state index < -0.39 is 0 Å². The monoisotopic (exact) mass is 309 g/mol. The Morgan fingerprint density at radius 1 is 1.09 bits per heavy atom. The summed E-state index contributed by atoms with van der Waals surface area (Å²) >= 11 is 1.89. The van der Waals surface area contributed by atoms with Crippen LogP contribution in [0.4, 0.5) is 11.5 Å². The van der Waals surface area contributed by atoms with Gasteiger partial charge in [-0.05, 0) is 41.8 Å². The molecule has 1 aromatic heterocycles. The van der Waals surface area contributed by atoms with Crippen molar-refractivity contribution in [1.29, 1.82) is 0 Å². The van der Waals surface area contributed by atoms with Gasteiger partial charge in [0.2, 0.25) is 0 Å². The molecule has 0 bridgehead atoms. The Labute approximate surface area is 132 Å². The maximum Gasteiger partial charge on any atom is 0.142 e. The van der Waals surface area contributed by atoms with E-state index in [4.69, 9.17) is 5.11 Å². The summed E-state index contributed by atoms with van der Waals surface area (Å²) in [6.07, 6.45) is 2.66. The number of thioether (sulfide) groups is 1. The number of benzene rings is 2. The second kappa shape index (κ2) is 5.59. The number of aromatic nitrogens is 2. The average Bonchev–Trinajstić information content (AvgIpc) is 3.04. The fourth-order valence-corrected chi connectivity index (χ4v) is 3.84. The molecule has 5 heteroatoms. The first-order chi connectivity index (χ1) is 10.8. The SMILES string of the molecule is OCc1ccc(Nc2ncnc3ccc4c(c23)CCS4)cc1.